The number of halogens is 6. The van der Waals surface area contributed by atoms with Crippen molar-refractivity contribution < 1.29 is 39.6 Å². The van der Waals surface area contributed by atoms with Crippen molar-refractivity contribution in [3.63, 3.8) is 0 Å². The Labute approximate surface area is 189 Å². The minimum atomic E-state index is -4.99. The van der Waals surface area contributed by atoms with Gasteiger partial charge in [-0.05, 0) is 48.5 Å². The molecule has 0 aliphatic carbocycles. The highest BCUT2D eigenvalue weighted by molar-refractivity contribution is 7.89. The SMILES string of the molecule is NS(=O)(=O)c1ccc(NC(=O)N(c2ccccc2C(F)(F)F)c2ccccc2C(F)(F)F)cc1. The van der Waals surface area contributed by atoms with Crippen LogP contribution in [0.25, 0.3) is 0 Å². The molecule has 3 aromatic carbocycles. The average Bonchev–Trinajstić information content (AvgIpc) is 2.73. The molecule has 3 N–H and O–H groups in total. The molecule has 13 heteroatoms. The Kier molecular flexibility index (Phi) is 6.62. The number of hydrogen-bond donors (Lipinski definition) is 2. The number of nitrogens with two attached hydrogens (primary N) is 1. The van der Waals surface area contributed by atoms with Crippen molar-refractivity contribution >= 4 is 33.1 Å². The van der Waals surface area contributed by atoms with Gasteiger partial charge < -0.3 is 5.32 Å². The summed E-state index contributed by atoms with van der Waals surface area (Å²) < 4.78 is 105. The molecule has 0 unspecified atom stereocenters. The highest BCUT2D eigenvalue weighted by Gasteiger charge is 2.40. The van der Waals surface area contributed by atoms with Gasteiger partial charge in [0.05, 0.1) is 27.4 Å². The van der Waals surface area contributed by atoms with Gasteiger partial charge in [-0.3, -0.25) is 4.90 Å². The summed E-state index contributed by atoms with van der Waals surface area (Å²) >= 11 is 0. The molecule has 0 saturated heterocycles. The monoisotopic (exact) mass is 503 g/mol. The van der Waals surface area contributed by atoms with Crippen LogP contribution in [0.15, 0.2) is 77.7 Å². The highest BCUT2D eigenvalue weighted by Crippen LogP contribution is 2.43. The van der Waals surface area contributed by atoms with E-state index in [9.17, 15) is 39.6 Å². The van der Waals surface area contributed by atoms with Gasteiger partial charge in [0.25, 0.3) is 0 Å². The zero-order chi connectivity index (χ0) is 25.3. The number of amides is 2. The molecule has 0 heterocycles. The van der Waals surface area contributed by atoms with Gasteiger partial charge >= 0.3 is 18.4 Å². The fourth-order valence-corrected chi connectivity index (χ4v) is 3.59. The van der Waals surface area contributed by atoms with E-state index in [1.807, 2.05) is 0 Å². The van der Waals surface area contributed by atoms with Crippen molar-refractivity contribution in [3.8, 4) is 0 Å². The zero-order valence-corrected chi connectivity index (χ0v) is 17.7. The van der Waals surface area contributed by atoms with Crippen molar-refractivity contribution in [1.82, 2.24) is 0 Å². The third-order valence-corrected chi connectivity index (χ3v) is 5.47. The molecule has 0 bridgehead atoms. The van der Waals surface area contributed by atoms with Crippen molar-refractivity contribution in [2.24, 2.45) is 5.14 Å². The predicted octanol–water partition coefficient (Wildman–Crippen LogP) is 5.74. The summed E-state index contributed by atoms with van der Waals surface area (Å²) in [7, 11) is -4.07. The van der Waals surface area contributed by atoms with Crippen LogP contribution >= 0.6 is 0 Å². The number of alkyl halides is 6. The van der Waals surface area contributed by atoms with Crippen LogP contribution in [0.5, 0.6) is 0 Å². The number of anilines is 3. The number of carbonyl (C=O) groups is 1. The van der Waals surface area contributed by atoms with E-state index in [1.165, 1.54) is 0 Å². The average molecular weight is 503 g/mol. The lowest BCUT2D eigenvalue weighted by Gasteiger charge is -2.28. The van der Waals surface area contributed by atoms with E-state index in [2.05, 4.69) is 5.32 Å². The molecule has 180 valence electrons. The molecule has 0 radical (unpaired) electrons. The van der Waals surface area contributed by atoms with Gasteiger partial charge in [-0.15, -0.1) is 0 Å². The maximum Gasteiger partial charge on any atom is 0.418 e. The third-order valence-electron chi connectivity index (χ3n) is 4.54. The first-order chi connectivity index (χ1) is 15.7. The summed E-state index contributed by atoms with van der Waals surface area (Å²) in [5.74, 6) is 0. The number of urea groups is 1. The lowest BCUT2D eigenvalue weighted by Crippen LogP contribution is -2.34. The largest absolute Gasteiger partial charge is 0.418 e. The topological polar surface area (TPSA) is 92.5 Å². The minimum Gasteiger partial charge on any atom is -0.307 e. The van der Waals surface area contributed by atoms with E-state index in [0.29, 0.717) is 12.1 Å². The Balaban J connectivity index is 2.16. The number of nitrogens with zero attached hydrogens (tertiary/aromatic N) is 1. The van der Waals surface area contributed by atoms with E-state index >= 15 is 0 Å². The number of hydrogen-bond acceptors (Lipinski definition) is 3. The first-order valence-corrected chi connectivity index (χ1v) is 10.8. The third kappa shape index (κ3) is 5.48. The fraction of sp³-hybridized carbons (Fsp3) is 0.0952. The molecular weight excluding hydrogens is 488 g/mol. The Hall–Kier alpha value is -3.58. The van der Waals surface area contributed by atoms with Gasteiger partial charge in [0.2, 0.25) is 10.0 Å². The Morgan fingerprint density at radius 3 is 1.53 bits per heavy atom. The minimum absolute atomic E-state index is 0.101. The lowest BCUT2D eigenvalue weighted by molar-refractivity contribution is -0.137. The number of benzene rings is 3. The summed E-state index contributed by atoms with van der Waals surface area (Å²) in [6.07, 6.45) is -9.97. The fourth-order valence-electron chi connectivity index (χ4n) is 3.07. The van der Waals surface area contributed by atoms with Crippen LogP contribution in [-0.2, 0) is 22.4 Å². The molecule has 0 aromatic heterocycles. The van der Waals surface area contributed by atoms with E-state index in [4.69, 9.17) is 5.14 Å². The number of primary sulfonamides is 1. The maximum atomic E-state index is 13.7. The van der Waals surface area contributed by atoms with E-state index < -0.39 is 50.9 Å². The van der Waals surface area contributed by atoms with E-state index in [1.54, 1.807) is 0 Å². The summed E-state index contributed by atoms with van der Waals surface area (Å²) in [4.78, 5) is 13.0. The number of carbonyl (C=O) groups excluding carboxylic acids is 1. The van der Waals surface area contributed by atoms with Crippen molar-refractivity contribution in [2.45, 2.75) is 17.2 Å². The Bertz CT molecular complexity index is 1250. The standard InChI is InChI=1S/C21H15F6N3O3S/c22-20(23,24)15-5-1-3-7-17(15)30(18-8-4-2-6-16(18)21(25,26)27)19(31)29-13-9-11-14(12-10-13)34(28,32)33/h1-12H,(H,29,31)(H2,28,32,33). The van der Waals surface area contributed by atoms with Crippen molar-refractivity contribution in [2.75, 3.05) is 10.2 Å². The summed E-state index contributed by atoms with van der Waals surface area (Å²) in [6.45, 7) is 0. The van der Waals surface area contributed by atoms with Crippen LogP contribution in [0.1, 0.15) is 11.1 Å². The zero-order valence-electron chi connectivity index (χ0n) is 16.9. The van der Waals surface area contributed by atoms with Gasteiger partial charge in [0.15, 0.2) is 0 Å². The smallest absolute Gasteiger partial charge is 0.307 e. The molecule has 34 heavy (non-hydrogen) atoms. The predicted molar refractivity (Wildman–Crippen MR) is 112 cm³/mol. The molecule has 0 fully saturated rings. The molecule has 0 atom stereocenters. The van der Waals surface area contributed by atoms with Crippen LogP contribution < -0.4 is 15.4 Å². The summed E-state index contributed by atoms with van der Waals surface area (Å²) in [5.41, 5.74) is -4.47. The molecule has 0 aliphatic heterocycles. The molecule has 0 aliphatic rings. The molecule has 3 rings (SSSR count). The van der Waals surface area contributed by atoms with E-state index in [0.717, 1.165) is 60.7 Å². The van der Waals surface area contributed by atoms with Crippen LogP contribution in [0.4, 0.5) is 48.2 Å². The quantitative estimate of drug-likeness (QED) is 0.445. The second-order valence-electron chi connectivity index (χ2n) is 6.86. The van der Waals surface area contributed by atoms with Crippen LogP contribution in [0, 0.1) is 0 Å². The Morgan fingerprint density at radius 2 is 1.15 bits per heavy atom. The number of nitrogens with one attached hydrogen (secondary N) is 1. The lowest BCUT2D eigenvalue weighted by atomic mass is 10.1. The molecule has 3 aromatic rings. The highest BCUT2D eigenvalue weighted by atomic mass is 32.2. The molecular formula is C21H15F6N3O3S. The molecule has 0 spiro atoms. The van der Waals surface area contributed by atoms with Crippen LogP contribution in [0.2, 0.25) is 0 Å². The molecule has 2 amide bonds. The van der Waals surface area contributed by atoms with Crippen molar-refractivity contribution in [3.05, 3.63) is 83.9 Å². The van der Waals surface area contributed by atoms with Crippen LogP contribution in [-0.4, -0.2) is 14.4 Å². The molecule has 6 nitrogen and oxygen atoms in total. The van der Waals surface area contributed by atoms with E-state index in [-0.39, 0.29) is 15.5 Å². The normalized spacial score (nSPS) is 12.3. The number of para-hydroxylation sites is 2. The maximum absolute atomic E-state index is 13.7. The number of rotatable bonds is 4. The van der Waals surface area contributed by atoms with Gasteiger partial charge in [-0.1, -0.05) is 24.3 Å². The van der Waals surface area contributed by atoms with Gasteiger partial charge in [-0.2, -0.15) is 26.3 Å². The second kappa shape index (κ2) is 8.99. The van der Waals surface area contributed by atoms with Crippen molar-refractivity contribution in [1.29, 1.82) is 0 Å². The summed E-state index contributed by atoms with van der Waals surface area (Å²) in [5, 5.41) is 7.18. The van der Waals surface area contributed by atoms with Gasteiger partial charge in [-0.25, -0.2) is 18.4 Å². The second-order valence-corrected chi connectivity index (χ2v) is 8.43. The first-order valence-electron chi connectivity index (χ1n) is 9.26. The van der Waals surface area contributed by atoms with Gasteiger partial charge in [0, 0.05) is 5.69 Å². The van der Waals surface area contributed by atoms with Crippen LogP contribution in [0.3, 0.4) is 0 Å². The Morgan fingerprint density at radius 1 is 0.735 bits per heavy atom. The number of sulfonamides is 1. The summed E-state index contributed by atoms with van der Waals surface area (Å²) in [6, 6.07) is 10.2. The molecule has 0 saturated carbocycles. The first kappa shape index (κ1) is 25.1. The van der Waals surface area contributed by atoms with Gasteiger partial charge in [0.1, 0.15) is 0 Å².